The quantitative estimate of drug-likeness (QED) is 0.883. The number of rotatable bonds is 4. The van der Waals surface area contributed by atoms with Gasteiger partial charge in [0.1, 0.15) is 0 Å². The van der Waals surface area contributed by atoms with Gasteiger partial charge in [-0.05, 0) is 17.7 Å². The summed E-state index contributed by atoms with van der Waals surface area (Å²) in [6.45, 7) is 0. The maximum atomic E-state index is 12.4. The van der Waals surface area contributed by atoms with Gasteiger partial charge in [0.25, 0.3) is 5.91 Å². The molecule has 1 aliphatic rings. The number of nitrogens with zero attached hydrogens (tertiary/aromatic N) is 1. The highest BCUT2D eigenvalue weighted by atomic mass is 16.3. The molecule has 0 radical (unpaired) electrons. The molecule has 4 nitrogen and oxygen atoms in total. The molecule has 2 aromatic carbocycles. The smallest absolute Gasteiger partial charge is 0.263 e. The summed E-state index contributed by atoms with van der Waals surface area (Å²) in [4.78, 5) is 26.0. The molecule has 2 aromatic rings. The van der Waals surface area contributed by atoms with Crippen LogP contribution < -0.4 is 4.90 Å². The Balaban J connectivity index is 1.83. The van der Waals surface area contributed by atoms with Gasteiger partial charge in [0.2, 0.25) is 0 Å². The van der Waals surface area contributed by atoms with E-state index in [1.165, 1.54) is 11.0 Å². The van der Waals surface area contributed by atoms with E-state index in [-0.39, 0.29) is 12.2 Å². The Bertz CT molecular complexity index is 782. The highest BCUT2D eigenvalue weighted by Gasteiger charge is 2.49. The van der Waals surface area contributed by atoms with E-state index < -0.39 is 11.5 Å². The van der Waals surface area contributed by atoms with E-state index in [9.17, 15) is 14.7 Å². The van der Waals surface area contributed by atoms with Crippen LogP contribution in [-0.4, -0.2) is 23.8 Å². The number of carbonyl (C=O) groups is 2. The number of carbonyl (C=O) groups excluding carboxylic acids is 2. The fourth-order valence-corrected chi connectivity index (χ4v) is 2.85. The summed E-state index contributed by atoms with van der Waals surface area (Å²) in [6, 6.07) is 16.4. The SMILES string of the molecule is CN1C(=O)[C@@](O)(CC(=O)C=Cc2ccccc2)c2ccccc21. The van der Waals surface area contributed by atoms with Crippen LogP contribution >= 0.6 is 0 Å². The van der Waals surface area contributed by atoms with Gasteiger partial charge in [-0.3, -0.25) is 9.59 Å². The van der Waals surface area contributed by atoms with Crippen molar-refractivity contribution >= 4 is 23.5 Å². The van der Waals surface area contributed by atoms with Gasteiger partial charge in [-0.2, -0.15) is 0 Å². The Morgan fingerprint density at radius 2 is 1.78 bits per heavy atom. The Hall–Kier alpha value is -2.72. The Morgan fingerprint density at radius 3 is 2.52 bits per heavy atom. The molecular formula is C19H17NO3. The largest absolute Gasteiger partial charge is 0.375 e. The van der Waals surface area contributed by atoms with Crippen molar-refractivity contribution in [2.24, 2.45) is 0 Å². The van der Waals surface area contributed by atoms with Crippen molar-refractivity contribution in [2.45, 2.75) is 12.0 Å². The monoisotopic (exact) mass is 307 g/mol. The van der Waals surface area contributed by atoms with Crippen LogP contribution in [0, 0.1) is 0 Å². The molecule has 0 unspecified atom stereocenters. The number of hydrogen-bond acceptors (Lipinski definition) is 3. The zero-order valence-electron chi connectivity index (χ0n) is 12.8. The van der Waals surface area contributed by atoms with Crippen molar-refractivity contribution in [3.8, 4) is 0 Å². The van der Waals surface area contributed by atoms with Gasteiger partial charge in [-0.1, -0.05) is 54.6 Å². The minimum absolute atomic E-state index is 0.267. The van der Waals surface area contributed by atoms with Crippen LogP contribution in [0.2, 0.25) is 0 Å². The number of amides is 1. The van der Waals surface area contributed by atoms with Crippen LogP contribution in [-0.2, 0) is 15.2 Å². The van der Waals surface area contributed by atoms with Gasteiger partial charge in [0.15, 0.2) is 11.4 Å². The number of benzene rings is 2. The molecular weight excluding hydrogens is 290 g/mol. The molecule has 0 aromatic heterocycles. The van der Waals surface area contributed by atoms with Gasteiger partial charge in [0.05, 0.1) is 12.1 Å². The van der Waals surface area contributed by atoms with Crippen LogP contribution in [0.25, 0.3) is 6.08 Å². The third kappa shape index (κ3) is 2.69. The van der Waals surface area contributed by atoms with E-state index >= 15 is 0 Å². The lowest BCUT2D eigenvalue weighted by atomic mass is 9.90. The van der Waals surface area contributed by atoms with E-state index in [2.05, 4.69) is 0 Å². The molecule has 1 amide bonds. The summed E-state index contributed by atoms with van der Waals surface area (Å²) < 4.78 is 0. The topological polar surface area (TPSA) is 57.6 Å². The first-order valence-electron chi connectivity index (χ1n) is 7.38. The average molecular weight is 307 g/mol. The molecule has 0 saturated heterocycles. The molecule has 1 heterocycles. The van der Waals surface area contributed by atoms with Crippen molar-refractivity contribution < 1.29 is 14.7 Å². The minimum atomic E-state index is -1.79. The summed E-state index contributed by atoms with van der Waals surface area (Å²) in [6.07, 6.45) is 2.82. The molecule has 3 rings (SSSR count). The van der Waals surface area contributed by atoms with Crippen LogP contribution in [0.3, 0.4) is 0 Å². The van der Waals surface area contributed by atoms with Crippen LogP contribution in [0.4, 0.5) is 5.69 Å². The number of anilines is 1. The standard InChI is InChI=1S/C19H17NO3/c1-20-17-10-6-5-9-16(17)19(23,18(20)22)13-15(21)12-11-14-7-3-2-4-8-14/h2-12,23H,13H2,1H3/t19-/m1/s1. The van der Waals surface area contributed by atoms with Gasteiger partial charge >= 0.3 is 0 Å². The van der Waals surface area contributed by atoms with Crippen molar-refractivity contribution in [1.82, 2.24) is 0 Å². The van der Waals surface area contributed by atoms with E-state index in [4.69, 9.17) is 0 Å². The number of fused-ring (bicyclic) bond motifs is 1. The number of hydrogen-bond donors (Lipinski definition) is 1. The number of likely N-dealkylation sites (N-methyl/N-ethyl adjacent to an activating group) is 1. The predicted octanol–water partition coefficient (Wildman–Crippen LogP) is 2.52. The third-order valence-corrected chi connectivity index (χ3v) is 4.06. The predicted molar refractivity (Wildman–Crippen MR) is 88.8 cm³/mol. The number of para-hydroxylation sites is 1. The first-order chi connectivity index (χ1) is 11.0. The zero-order chi connectivity index (χ0) is 16.4. The second-order valence-electron chi connectivity index (χ2n) is 5.63. The zero-order valence-corrected chi connectivity index (χ0v) is 12.8. The van der Waals surface area contributed by atoms with E-state index in [0.717, 1.165) is 5.56 Å². The molecule has 116 valence electrons. The number of aliphatic hydroxyl groups is 1. The van der Waals surface area contributed by atoms with Gasteiger partial charge < -0.3 is 10.0 Å². The minimum Gasteiger partial charge on any atom is -0.375 e. The normalized spacial score (nSPS) is 20.1. The molecule has 0 saturated carbocycles. The summed E-state index contributed by atoms with van der Waals surface area (Å²) >= 11 is 0. The lowest BCUT2D eigenvalue weighted by Crippen LogP contribution is -2.40. The molecule has 1 aliphatic heterocycles. The molecule has 0 aliphatic carbocycles. The van der Waals surface area contributed by atoms with E-state index in [1.54, 1.807) is 37.4 Å². The summed E-state index contributed by atoms with van der Waals surface area (Å²) in [5.74, 6) is -0.769. The molecule has 0 spiro atoms. The summed E-state index contributed by atoms with van der Waals surface area (Å²) in [5.41, 5.74) is 0.223. The maximum absolute atomic E-state index is 12.4. The van der Waals surface area contributed by atoms with Gasteiger partial charge in [-0.15, -0.1) is 0 Å². The number of allylic oxidation sites excluding steroid dienone is 1. The molecule has 23 heavy (non-hydrogen) atoms. The molecule has 0 bridgehead atoms. The van der Waals surface area contributed by atoms with Crippen molar-refractivity contribution in [3.05, 3.63) is 71.8 Å². The molecule has 1 N–H and O–H groups in total. The second-order valence-corrected chi connectivity index (χ2v) is 5.63. The van der Waals surface area contributed by atoms with Gasteiger partial charge in [0, 0.05) is 12.6 Å². The van der Waals surface area contributed by atoms with Crippen LogP contribution in [0.5, 0.6) is 0 Å². The lowest BCUT2D eigenvalue weighted by Gasteiger charge is -2.20. The Labute approximate surface area is 134 Å². The van der Waals surface area contributed by atoms with Crippen molar-refractivity contribution in [2.75, 3.05) is 11.9 Å². The maximum Gasteiger partial charge on any atom is 0.263 e. The first kappa shape index (κ1) is 15.2. The molecule has 4 heteroatoms. The number of ketones is 1. The molecule has 0 fully saturated rings. The van der Waals surface area contributed by atoms with Gasteiger partial charge in [-0.25, -0.2) is 0 Å². The first-order valence-corrected chi connectivity index (χ1v) is 7.38. The van der Waals surface area contributed by atoms with E-state index in [0.29, 0.717) is 11.3 Å². The van der Waals surface area contributed by atoms with Crippen molar-refractivity contribution in [3.63, 3.8) is 0 Å². The van der Waals surface area contributed by atoms with Crippen LogP contribution in [0.15, 0.2) is 60.7 Å². The second kappa shape index (κ2) is 5.82. The average Bonchev–Trinajstić information content (AvgIpc) is 2.76. The van der Waals surface area contributed by atoms with Crippen molar-refractivity contribution in [1.29, 1.82) is 0 Å². The lowest BCUT2D eigenvalue weighted by molar-refractivity contribution is -0.140. The van der Waals surface area contributed by atoms with Crippen LogP contribution in [0.1, 0.15) is 17.5 Å². The Morgan fingerprint density at radius 1 is 1.13 bits per heavy atom. The highest BCUT2D eigenvalue weighted by molar-refractivity contribution is 6.09. The fourth-order valence-electron chi connectivity index (χ4n) is 2.85. The fraction of sp³-hybridized carbons (Fsp3) is 0.158. The third-order valence-electron chi connectivity index (χ3n) is 4.06. The molecule has 1 atom stereocenters. The highest BCUT2D eigenvalue weighted by Crippen LogP contribution is 2.41. The summed E-state index contributed by atoms with van der Waals surface area (Å²) in [7, 11) is 1.60. The summed E-state index contributed by atoms with van der Waals surface area (Å²) in [5, 5.41) is 10.8. The Kier molecular flexibility index (Phi) is 3.84. The van der Waals surface area contributed by atoms with E-state index in [1.807, 2.05) is 30.3 Å².